The number of benzene rings is 2. The van der Waals surface area contributed by atoms with Crippen LogP contribution in [0.15, 0.2) is 36.4 Å². The first-order chi connectivity index (χ1) is 11.9. The van der Waals surface area contributed by atoms with Gasteiger partial charge in [-0.15, -0.1) is 0 Å². The van der Waals surface area contributed by atoms with Gasteiger partial charge in [-0.3, -0.25) is 0 Å². The zero-order valence-electron chi connectivity index (χ0n) is 14.7. The van der Waals surface area contributed by atoms with E-state index in [0.29, 0.717) is 11.5 Å². The number of methoxy groups -OCH3 is 2. The molecule has 5 nitrogen and oxygen atoms in total. The maximum atomic E-state index is 12.6. The number of rotatable bonds is 6. The van der Waals surface area contributed by atoms with Gasteiger partial charge < -0.3 is 9.47 Å². The van der Waals surface area contributed by atoms with Crippen molar-refractivity contribution in [3.63, 3.8) is 0 Å². The SMILES string of the molecule is COc1cc2c(cc1OC)C(NS(=O)(=O)Cc1cccc(C)c1)CC2. The van der Waals surface area contributed by atoms with Gasteiger partial charge in [-0.1, -0.05) is 29.8 Å². The highest BCUT2D eigenvalue weighted by Gasteiger charge is 2.28. The Balaban J connectivity index is 1.81. The van der Waals surface area contributed by atoms with E-state index in [0.717, 1.165) is 35.1 Å². The standard InChI is InChI=1S/C19H23NO4S/c1-13-5-4-6-14(9-13)12-25(21,22)20-17-8-7-15-10-18(23-2)19(24-3)11-16(15)17/h4-6,9-11,17,20H,7-8,12H2,1-3H3. The molecule has 0 radical (unpaired) electrons. The molecular formula is C19H23NO4S. The largest absolute Gasteiger partial charge is 0.493 e. The molecule has 2 aromatic rings. The molecule has 0 amide bonds. The second kappa shape index (κ2) is 7.06. The van der Waals surface area contributed by atoms with Crippen LogP contribution in [0.2, 0.25) is 0 Å². The fraction of sp³-hybridized carbons (Fsp3) is 0.368. The molecule has 1 atom stereocenters. The third-order valence-corrected chi connectivity index (χ3v) is 5.84. The molecule has 0 heterocycles. The predicted molar refractivity (Wildman–Crippen MR) is 97.5 cm³/mol. The fourth-order valence-electron chi connectivity index (χ4n) is 3.34. The molecule has 1 aliphatic carbocycles. The summed E-state index contributed by atoms with van der Waals surface area (Å²) in [5.41, 5.74) is 3.90. The topological polar surface area (TPSA) is 64.6 Å². The van der Waals surface area contributed by atoms with E-state index in [-0.39, 0.29) is 11.8 Å². The Hall–Kier alpha value is -2.05. The molecule has 3 rings (SSSR count). The van der Waals surface area contributed by atoms with Crippen LogP contribution in [0.3, 0.4) is 0 Å². The summed E-state index contributed by atoms with van der Waals surface area (Å²) in [5, 5.41) is 0. The van der Waals surface area contributed by atoms with Crippen molar-refractivity contribution in [1.29, 1.82) is 0 Å². The summed E-state index contributed by atoms with van der Waals surface area (Å²) >= 11 is 0. The Morgan fingerprint density at radius 1 is 1.12 bits per heavy atom. The zero-order chi connectivity index (χ0) is 18.0. The number of fused-ring (bicyclic) bond motifs is 1. The average molecular weight is 361 g/mol. The average Bonchev–Trinajstić information content (AvgIpc) is 2.94. The smallest absolute Gasteiger partial charge is 0.216 e. The second-order valence-electron chi connectivity index (χ2n) is 6.36. The molecule has 0 aromatic heterocycles. The first-order valence-electron chi connectivity index (χ1n) is 8.22. The van der Waals surface area contributed by atoms with Crippen LogP contribution in [0.4, 0.5) is 0 Å². The summed E-state index contributed by atoms with van der Waals surface area (Å²) in [5.74, 6) is 1.27. The summed E-state index contributed by atoms with van der Waals surface area (Å²) in [6.45, 7) is 1.95. The highest BCUT2D eigenvalue weighted by molar-refractivity contribution is 7.88. The van der Waals surface area contributed by atoms with Crippen LogP contribution in [0.25, 0.3) is 0 Å². The summed E-state index contributed by atoms with van der Waals surface area (Å²) in [6.07, 6.45) is 1.55. The number of hydrogen-bond acceptors (Lipinski definition) is 4. The lowest BCUT2D eigenvalue weighted by Crippen LogP contribution is -2.28. The van der Waals surface area contributed by atoms with E-state index in [9.17, 15) is 8.42 Å². The van der Waals surface area contributed by atoms with Crippen molar-refractivity contribution in [2.45, 2.75) is 31.6 Å². The van der Waals surface area contributed by atoms with E-state index in [1.807, 2.05) is 43.3 Å². The Morgan fingerprint density at radius 3 is 2.52 bits per heavy atom. The number of ether oxygens (including phenoxy) is 2. The molecule has 1 N–H and O–H groups in total. The molecule has 1 aliphatic rings. The second-order valence-corrected chi connectivity index (χ2v) is 8.12. The van der Waals surface area contributed by atoms with Crippen LogP contribution in [0.5, 0.6) is 11.5 Å². The van der Waals surface area contributed by atoms with E-state index >= 15 is 0 Å². The van der Waals surface area contributed by atoms with Crippen LogP contribution >= 0.6 is 0 Å². The molecule has 0 saturated heterocycles. The van der Waals surface area contributed by atoms with Gasteiger partial charge in [-0.2, -0.15) is 0 Å². The normalized spacial score (nSPS) is 16.5. The molecule has 2 aromatic carbocycles. The van der Waals surface area contributed by atoms with E-state index in [1.54, 1.807) is 14.2 Å². The van der Waals surface area contributed by atoms with Gasteiger partial charge in [0.2, 0.25) is 10.0 Å². The number of nitrogens with one attached hydrogen (secondary N) is 1. The highest BCUT2D eigenvalue weighted by atomic mass is 32.2. The Labute approximate surface area is 149 Å². The van der Waals surface area contributed by atoms with Crippen LogP contribution in [0, 0.1) is 6.92 Å². The van der Waals surface area contributed by atoms with E-state index in [1.165, 1.54) is 0 Å². The maximum Gasteiger partial charge on any atom is 0.216 e. The van der Waals surface area contributed by atoms with Crippen molar-refractivity contribution in [1.82, 2.24) is 4.72 Å². The lowest BCUT2D eigenvalue weighted by molar-refractivity contribution is 0.354. The molecule has 25 heavy (non-hydrogen) atoms. The van der Waals surface area contributed by atoms with E-state index < -0.39 is 10.0 Å². The molecular weight excluding hydrogens is 338 g/mol. The van der Waals surface area contributed by atoms with Crippen LogP contribution in [-0.2, 0) is 22.2 Å². The van der Waals surface area contributed by atoms with E-state index in [4.69, 9.17) is 9.47 Å². The number of aryl methyl sites for hydroxylation is 2. The number of sulfonamides is 1. The molecule has 0 aliphatic heterocycles. The van der Waals surface area contributed by atoms with E-state index in [2.05, 4.69) is 4.72 Å². The van der Waals surface area contributed by atoms with Crippen molar-refractivity contribution < 1.29 is 17.9 Å². The maximum absolute atomic E-state index is 12.6. The highest BCUT2D eigenvalue weighted by Crippen LogP contribution is 2.39. The first kappa shape index (κ1) is 17.8. The Bertz CT molecular complexity index is 877. The minimum Gasteiger partial charge on any atom is -0.493 e. The lowest BCUT2D eigenvalue weighted by Gasteiger charge is -2.16. The molecule has 0 bridgehead atoms. The predicted octanol–water partition coefficient (Wildman–Crippen LogP) is 3.12. The van der Waals surface area contributed by atoms with Gasteiger partial charge in [0.15, 0.2) is 11.5 Å². The van der Waals surface area contributed by atoms with Gasteiger partial charge in [0, 0.05) is 6.04 Å². The first-order valence-corrected chi connectivity index (χ1v) is 9.87. The Morgan fingerprint density at radius 2 is 1.84 bits per heavy atom. The third kappa shape index (κ3) is 3.96. The van der Waals surface area contributed by atoms with Gasteiger partial charge in [-0.25, -0.2) is 13.1 Å². The van der Waals surface area contributed by atoms with Gasteiger partial charge in [0.1, 0.15) is 0 Å². The van der Waals surface area contributed by atoms with Gasteiger partial charge in [-0.05, 0) is 48.6 Å². The summed E-state index contributed by atoms with van der Waals surface area (Å²) in [4.78, 5) is 0. The van der Waals surface area contributed by atoms with Gasteiger partial charge in [0.25, 0.3) is 0 Å². The van der Waals surface area contributed by atoms with Crippen molar-refractivity contribution >= 4 is 10.0 Å². The summed E-state index contributed by atoms with van der Waals surface area (Å²) in [7, 11) is -0.257. The fourth-order valence-corrected chi connectivity index (χ4v) is 4.72. The minimum absolute atomic E-state index is 0.0200. The monoisotopic (exact) mass is 361 g/mol. The lowest BCUT2D eigenvalue weighted by atomic mass is 10.1. The molecule has 0 saturated carbocycles. The third-order valence-electron chi connectivity index (χ3n) is 4.48. The molecule has 0 fully saturated rings. The van der Waals surface area contributed by atoms with Crippen LogP contribution < -0.4 is 14.2 Å². The molecule has 0 spiro atoms. The quantitative estimate of drug-likeness (QED) is 0.859. The van der Waals surface area contributed by atoms with Gasteiger partial charge in [0.05, 0.1) is 20.0 Å². The Kier molecular flexibility index (Phi) is 5.01. The molecule has 6 heteroatoms. The van der Waals surface area contributed by atoms with Crippen molar-refractivity contribution in [2.75, 3.05) is 14.2 Å². The van der Waals surface area contributed by atoms with Crippen LogP contribution in [-0.4, -0.2) is 22.6 Å². The number of hydrogen-bond donors (Lipinski definition) is 1. The zero-order valence-corrected chi connectivity index (χ0v) is 15.5. The summed E-state index contributed by atoms with van der Waals surface area (Å²) < 4.78 is 38.7. The van der Waals surface area contributed by atoms with Gasteiger partial charge >= 0.3 is 0 Å². The van der Waals surface area contributed by atoms with Crippen molar-refractivity contribution in [2.24, 2.45) is 0 Å². The minimum atomic E-state index is -3.43. The molecule has 1 unspecified atom stereocenters. The summed E-state index contributed by atoms with van der Waals surface area (Å²) in [6, 6.07) is 11.1. The van der Waals surface area contributed by atoms with Crippen LogP contribution in [0.1, 0.15) is 34.7 Å². The van der Waals surface area contributed by atoms with Crippen molar-refractivity contribution in [3.05, 3.63) is 58.7 Å². The van der Waals surface area contributed by atoms with Crippen molar-refractivity contribution in [3.8, 4) is 11.5 Å². The molecule has 134 valence electrons.